The summed E-state index contributed by atoms with van der Waals surface area (Å²) in [6.45, 7) is 4.41. The zero-order valence-electron chi connectivity index (χ0n) is 15.2. The van der Waals surface area contributed by atoms with Crippen molar-refractivity contribution < 1.29 is 0 Å². The highest BCUT2D eigenvalue weighted by atomic mass is 14.7. The Morgan fingerprint density at radius 1 is 1.00 bits per heavy atom. The molecular weight excluding hydrogens is 314 g/mol. The van der Waals surface area contributed by atoms with Gasteiger partial charge in [-0.3, -0.25) is 0 Å². The van der Waals surface area contributed by atoms with Crippen LogP contribution in [-0.2, 0) is 5.41 Å². The van der Waals surface area contributed by atoms with Crippen molar-refractivity contribution in [3.8, 4) is 0 Å². The fraction of sp³-hybridized carbons (Fsp3) is 0.200. The van der Waals surface area contributed by atoms with Gasteiger partial charge in [0, 0.05) is 22.9 Å². The van der Waals surface area contributed by atoms with E-state index >= 15 is 0 Å². The van der Waals surface area contributed by atoms with E-state index in [-0.39, 0.29) is 11.3 Å². The molecular formula is C25H23N. The Morgan fingerprint density at radius 2 is 1.73 bits per heavy atom. The topological polar surface area (TPSA) is 26.0 Å². The lowest BCUT2D eigenvalue weighted by Crippen LogP contribution is -2.34. The molecule has 1 heteroatoms. The molecule has 1 nitrogen and oxygen atoms in total. The van der Waals surface area contributed by atoms with E-state index in [9.17, 15) is 0 Å². The van der Waals surface area contributed by atoms with Gasteiger partial charge in [-0.05, 0) is 53.3 Å². The third-order valence-electron chi connectivity index (χ3n) is 6.52. The summed E-state index contributed by atoms with van der Waals surface area (Å²) in [4.78, 5) is 0. The second-order valence-electron chi connectivity index (χ2n) is 7.53. The van der Waals surface area contributed by atoms with E-state index in [0.29, 0.717) is 5.92 Å². The minimum atomic E-state index is -0.123. The van der Waals surface area contributed by atoms with Crippen molar-refractivity contribution in [1.29, 1.82) is 0 Å². The second-order valence-corrected chi connectivity index (χ2v) is 7.53. The molecule has 0 radical (unpaired) electrons. The summed E-state index contributed by atoms with van der Waals surface area (Å²) in [7, 11) is 0. The first-order chi connectivity index (χ1) is 12.7. The summed E-state index contributed by atoms with van der Waals surface area (Å²) >= 11 is 0. The molecule has 2 N–H and O–H groups in total. The average Bonchev–Trinajstić information content (AvgIpc) is 3.10. The van der Waals surface area contributed by atoms with Crippen molar-refractivity contribution in [3.05, 3.63) is 112 Å². The Labute approximate surface area is 155 Å². The van der Waals surface area contributed by atoms with Gasteiger partial charge in [0.2, 0.25) is 0 Å². The summed E-state index contributed by atoms with van der Waals surface area (Å²) < 4.78 is 0. The summed E-state index contributed by atoms with van der Waals surface area (Å²) in [5, 5.41) is 0. The molecule has 1 spiro atoms. The van der Waals surface area contributed by atoms with Gasteiger partial charge in [-0.25, -0.2) is 0 Å². The largest absolute Gasteiger partial charge is 0.402 e. The molecule has 2 aromatic rings. The van der Waals surface area contributed by atoms with Crippen molar-refractivity contribution in [2.24, 2.45) is 11.7 Å². The van der Waals surface area contributed by atoms with E-state index in [0.717, 1.165) is 5.70 Å². The normalized spacial score (nSPS) is 28.5. The van der Waals surface area contributed by atoms with Gasteiger partial charge < -0.3 is 5.73 Å². The highest BCUT2D eigenvalue weighted by Crippen LogP contribution is 2.64. The lowest BCUT2D eigenvalue weighted by atomic mass is 9.65. The predicted molar refractivity (Wildman–Crippen MR) is 109 cm³/mol. The van der Waals surface area contributed by atoms with E-state index in [4.69, 9.17) is 5.73 Å². The molecule has 128 valence electrons. The monoisotopic (exact) mass is 337 g/mol. The molecule has 0 bridgehead atoms. The molecule has 5 rings (SSSR count). The van der Waals surface area contributed by atoms with Crippen LogP contribution in [0.15, 0.2) is 90.2 Å². The van der Waals surface area contributed by atoms with Gasteiger partial charge in [-0.15, -0.1) is 0 Å². The Kier molecular flexibility index (Phi) is 3.18. The number of nitrogens with two attached hydrogens (primary N) is 1. The molecule has 3 aliphatic rings. The van der Waals surface area contributed by atoms with Crippen LogP contribution in [0.4, 0.5) is 0 Å². The van der Waals surface area contributed by atoms with Crippen LogP contribution in [0, 0.1) is 5.92 Å². The maximum atomic E-state index is 6.52. The van der Waals surface area contributed by atoms with Crippen molar-refractivity contribution in [1.82, 2.24) is 0 Å². The van der Waals surface area contributed by atoms with Crippen LogP contribution in [0.3, 0.4) is 0 Å². The van der Waals surface area contributed by atoms with E-state index < -0.39 is 0 Å². The van der Waals surface area contributed by atoms with Crippen LogP contribution < -0.4 is 5.73 Å². The Bertz CT molecular complexity index is 1030. The van der Waals surface area contributed by atoms with Crippen molar-refractivity contribution >= 4 is 5.57 Å². The molecule has 0 aliphatic heterocycles. The number of benzene rings is 2. The summed E-state index contributed by atoms with van der Waals surface area (Å²) in [6, 6.07) is 17.8. The van der Waals surface area contributed by atoms with Crippen molar-refractivity contribution in [2.45, 2.75) is 25.2 Å². The Morgan fingerprint density at radius 3 is 2.54 bits per heavy atom. The minimum absolute atomic E-state index is 0.123. The molecule has 0 aromatic heterocycles. The van der Waals surface area contributed by atoms with Gasteiger partial charge in [0.15, 0.2) is 0 Å². The molecule has 0 fully saturated rings. The summed E-state index contributed by atoms with van der Waals surface area (Å²) in [5.74, 6) is 0.581. The maximum absolute atomic E-state index is 6.52. The lowest BCUT2D eigenvalue weighted by molar-refractivity contribution is 0.443. The van der Waals surface area contributed by atoms with E-state index in [1.54, 1.807) is 0 Å². The van der Waals surface area contributed by atoms with Crippen molar-refractivity contribution in [2.75, 3.05) is 0 Å². The van der Waals surface area contributed by atoms with Gasteiger partial charge in [0.25, 0.3) is 0 Å². The highest BCUT2D eigenvalue weighted by molar-refractivity contribution is 5.89. The Balaban J connectivity index is 1.92. The quantitative estimate of drug-likeness (QED) is 0.734. The number of fused-ring (bicyclic) bond motifs is 7. The zero-order valence-corrected chi connectivity index (χ0v) is 15.2. The first-order valence-electron chi connectivity index (χ1n) is 9.38. The van der Waals surface area contributed by atoms with Gasteiger partial charge >= 0.3 is 0 Å². The molecule has 26 heavy (non-hydrogen) atoms. The molecule has 0 heterocycles. The molecule has 0 saturated carbocycles. The third kappa shape index (κ3) is 1.66. The predicted octanol–water partition coefficient (Wildman–Crippen LogP) is 5.46. The van der Waals surface area contributed by atoms with Crippen molar-refractivity contribution in [3.63, 3.8) is 0 Å². The second kappa shape index (κ2) is 5.35. The van der Waals surface area contributed by atoms with Crippen LogP contribution in [0.5, 0.6) is 0 Å². The molecule has 0 saturated heterocycles. The average molecular weight is 337 g/mol. The molecule has 2 aromatic carbocycles. The third-order valence-corrected chi connectivity index (χ3v) is 6.52. The molecule has 3 aliphatic carbocycles. The van der Waals surface area contributed by atoms with E-state index in [1.807, 2.05) is 0 Å². The van der Waals surface area contributed by atoms with Gasteiger partial charge in [-0.2, -0.15) is 0 Å². The lowest BCUT2D eigenvalue weighted by Gasteiger charge is -2.37. The molecule has 0 amide bonds. The number of rotatable bonds is 1. The Hall–Kier alpha value is -2.80. The van der Waals surface area contributed by atoms with Crippen LogP contribution in [0.25, 0.3) is 5.57 Å². The number of allylic oxidation sites excluding steroid dienone is 8. The van der Waals surface area contributed by atoms with Crippen LogP contribution in [-0.4, -0.2) is 0 Å². The standard InChI is InChI=1S/C25H23N/c1-3-9-17-16(2)25(20-12-6-4-10-18(17)20)21-13-7-5-11-19(21)24-22(25)14-8-15-23(24)26/h3-15,22,24H,26H2,1-2H3/b9-3-. The van der Waals surface area contributed by atoms with Gasteiger partial charge in [0.05, 0.1) is 0 Å². The fourth-order valence-electron chi connectivity index (χ4n) is 5.62. The number of hydrogen-bond donors (Lipinski definition) is 1. The van der Waals surface area contributed by atoms with Crippen LogP contribution >= 0.6 is 0 Å². The zero-order chi connectivity index (χ0) is 17.9. The molecule has 3 atom stereocenters. The molecule has 3 unspecified atom stereocenters. The summed E-state index contributed by atoms with van der Waals surface area (Å²) in [5.41, 5.74) is 15.8. The van der Waals surface area contributed by atoms with E-state index in [1.165, 1.54) is 33.4 Å². The maximum Gasteiger partial charge on any atom is 0.0498 e. The minimum Gasteiger partial charge on any atom is -0.402 e. The number of hydrogen-bond acceptors (Lipinski definition) is 1. The SMILES string of the molecule is C/C=C\C1=C(C)C2(c3ccccc31)c1ccccc1C1C(N)=CC=CC12. The highest BCUT2D eigenvalue weighted by Gasteiger charge is 2.57. The first-order valence-corrected chi connectivity index (χ1v) is 9.38. The van der Waals surface area contributed by atoms with Gasteiger partial charge in [-0.1, -0.05) is 72.8 Å². The van der Waals surface area contributed by atoms with Gasteiger partial charge in [0.1, 0.15) is 0 Å². The summed E-state index contributed by atoms with van der Waals surface area (Å²) in [6.07, 6.45) is 11.0. The smallest absolute Gasteiger partial charge is 0.0498 e. The fourth-order valence-corrected chi connectivity index (χ4v) is 5.62. The van der Waals surface area contributed by atoms with E-state index in [2.05, 4.69) is 92.8 Å². The van der Waals surface area contributed by atoms with Crippen LogP contribution in [0.1, 0.15) is 42.0 Å². The first kappa shape index (κ1) is 15.5. The van der Waals surface area contributed by atoms with Crippen LogP contribution in [0.2, 0.25) is 0 Å².